The highest BCUT2D eigenvalue weighted by atomic mass is 35.5. The lowest BCUT2D eigenvalue weighted by molar-refractivity contribution is 1.20. The maximum absolute atomic E-state index is 6.00. The molecule has 1 aromatic carbocycles. The molecule has 0 aliphatic carbocycles. The molecule has 0 N–H and O–H groups in total. The van der Waals surface area contributed by atoms with E-state index in [1.165, 1.54) is 11.3 Å². The Kier molecular flexibility index (Phi) is 3.32. The number of nitrogens with zero attached hydrogens (tertiary/aromatic N) is 2. The molecule has 0 aliphatic heterocycles. The molecule has 19 heavy (non-hydrogen) atoms. The predicted octanol–water partition coefficient (Wildman–Crippen LogP) is 4.71. The summed E-state index contributed by atoms with van der Waals surface area (Å²) in [6.45, 7) is 4.18. The van der Waals surface area contributed by atoms with Crippen LogP contribution in [0.3, 0.4) is 0 Å². The lowest BCUT2D eigenvalue weighted by atomic mass is 9.97. The highest BCUT2D eigenvalue weighted by molar-refractivity contribution is 7.14. The molecule has 0 bridgehead atoms. The topological polar surface area (TPSA) is 25.8 Å². The van der Waals surface area contributed by atoms with Crippen LogP contribution in [0.1, 0.15) is 5.56 Å². The van der Waals surface area contributed by atoms with Crippen molar-refractivity contribution in [1.29, 1.82) is 0 Å². The van der Waals surface area contributed by atoms with Crippen molar-refractivity contribution in [3.05, 3.63) is 65.1 Å². The fraction of sp³-hybridized carbons (Fsp3) is 0. The summed E-state index contributed by atoms with van der Waals surface area (Å²) in [6.07, 6.45) is 5.09. The fourth-order valence-electron chi connectivity index (χ4n) is 1.99. The highest BCUT2D eigenvalue weighted by Crippen LogP contribution is 2.34. The maximum Gasteiger partial charge on any atom is 0.0934 e. The van der Waals surface area contributed by atoms with Crippen LogP contribution < -0.4 is 0 Å². The standard InChI is InChI=1S/C15H10ClN2S/c1-10-12(11-7-15(16)19-9-11)3-2-4-13(10)14-8-17-5-6-18-14/h2-9H,1H2. The first kappa shape index (κ1) is 12.3. The van der Waals surface area contributed by atoms with E-state index in [2.05, 4.69) is 16.9 Å². The van der Waals surface area contributed by atoms with Gasteiger partial charge in [0.25, 0.3) is 0 Å². The lowest BCUT2D eigenvalue weighted by Crippen LogP contribution is -1.90. The molecule has 0 amide bonds. The molecule has 0 aliphatic rings. The van der Waals surface area contributed by atoms with Crippen LogP contribution in [0, 0.1) is 6.92 Å². The molecule has 1 radical (unpaired) electrons. The van der Waals surface area contributed by atoms with E-state index in [-0.39, 0.29) is 0 Å². The SMILES string of the molecule is [CH2]c1c(-c2csc(Cl)c2)cccc1-c1cnccn1. The highest BCUT2D eigenvalue weighted by Gasteiger charge is 2.10. The Balaban J connectivity index is 2.14. The van der Waals surface area contributed by atoms with Gasteiger partial charge in [-0.3, -0.25) is 9.97 Å². The average Bonchev–Trinajstić information content (AvgIpc) is 2.86. The molecule has 0 fully saturated rings. The molecular formula is C15H10ClN2S. The van der Waals surface area contributed by atoms with Gasteiger partial charge in [-0.1, -0.05) is 29.8 Å². The maximum atomic E-state index is 6.00. The molecular weight excluding hydrogens is 276 g/mol. The minimum absolute atomic E-state index is 0.777. The smallest absolute Gasteiger partial charge is 0.0934 e. The average molecular weight is 286 g/mol. The molecule has 2 heterocycles. The molecule has 4 heteroatoms. The van der Waals surface area contributed by atoms with Crippen LogP contribution in [0.4, 0.5) is 0 Å². The summed E-state index contributed by atoms with van der Waals surface area (Å²) in [7, 11) is 0. The summed E-state index contributed by atoms with van der Waals surface area (Å²) in [5, 5.41) is 2.03. The van der Waals surface area contributed by atoms with E-state index in [1.54, 1.807) is 18.6 Å². The number of halogens is 1. The summed E-state index contributed by atoms with van der Waals surface area (Å²) in [5.74, 6) is 0. The van der Waals surface area contributed by atoms with E-state index < -0.39 is 0 Å². The van der Waals surface area contributed by atoms with Crippen LogP contribution in [-0.2, 0) is 0 Å². The molecule has 3 rings (SSSR count). The van der Waals surface area contributed by atoms with Gasteiger partial charge in [-0.05, 0) is 29.7 Å². The summed E-state index contributed by atoms with van der Waals surface area (Å²) < 4.78 is 0.777. The van der Waals surface area contributed by atoms with Crippen molar-refractivity contribution in [2.24, 2.45) is 0 Å². The third-order valence-electron chi connectivity index (χ3n) is 2.89. The first-order valence-corrected chi connectivity index (χ1v) is 6.97. The van der Waals surface area contributed by atoms with Crippen LogP contribution in [0.25, 0.3) is 22.4 Å². The van der Waals surface area contributed by atoms with Crippen molar-refractivity contribution in [3.63, 3.8) is 0 Å². The molecule has 0 saturated heterocycles. The van der Waals surface area contributed by atoms with E-state index in [0.29, 0.717) is 0 Å². The zero-order valence-electron chi connectivity index (χ0n) is 10.0. The van der Waals surface area contributed by atoms with Crippen LogP contribution in [-0.4, -0.2) is 9.97 Å². The van der Waals surface area contributed by atoms with E-state index in [9.17, 15) is 0 Å². The third kappa shape index (κ3) is 2.39. The van der Waals surface area contributed by atoms with E-state index in [0.717, 1.165) is 32.3 Å². The minimum atomic E-state index is 0.777. The third-order valence-corrected chi connectivity index (χ3v) is 3.98. The predicted molar refractivity (Wildman–Crippen MR) is 80.3 cm³/mol. The molecule has 2 nitrogen and oxygen atoms in total. The van der Waals surface area contributed by atoms with Gasteiger partial charge in [0.15, 0.2) is 0 Å². The van der Waals surface area contributed by atoms with Crippen molar-refractivity contribution >= 4 is 22.9 Å². The summed E-state index contributed by atoms with van der Waals surface area (Å²) in [5.41, 5.74) is 4.93. The molecule has 0 atom stereocenters. The second-order valence-corrected chi connectivity index (χ2v) is 5.60. The monoisotopic (exact) mass is 285 g/mol. The molecule has 93 valence electrons. The normalized spacial score (nSPS) is 10.6. The zero-order chi connectivity index (χ0) is 13.2. The Morgan fingerprint density at radius 3 is 2.68 bits per heavy atom. The van der Waals surface area contributed by atoms with Crippen molar-refractivity contribution in [3.8, 4) is 22.4 Å². The Hall–Kier alpha value is -1.71. The van der Waals surface area contributed by atoms with E-state index in [1.807, 2.05) is 29.6 Å². The van der Waals surface area contributed by atoms with Crippen molar-refractivity contribution < 1.29 is 0 Å². The summed E-state index contributed by atoms with van der Waals surface area (Å²) in [6, 6.07) is 8.00. The van der Waals surface area contributed by atoms with Gasteiger partial charge >= 0.3 is 0 Å². The first-order valence-electron chi connectivity index (χ1n) is 5.71. The number of benzene rings is 1. The van der Waals surface area contributed by atoms with Crippen LogP contribution in [0.5, 0.6) is 0 Å². The Bertz CT molecular complexity index is 707. The Morgan fingerprint density at radius 2 is 2.00 bits per heavy atom. The van der Waals surface area contributed by atoms with Gasteiger partial charge in [0.1, 0.15) is 0 Å². The van der Waals surface area contributed by atoms with Crippen molar-refractivity contribution in [1.82, 2.24) is 9.97 Å². The van der Waals surface area contributed by atoms with Crippen LogP contribution in [0.2, 0.25) is 4.34 Å². The molecule has 0 saturated carbocycles. The van der Waals surface area contributed by atoms with Gasteiger partial charge in [0.2, 0.25) is 0 Å². The number of aromatic nitrogens is 2. The van der Waals surface area contributed by atoms with Crippen molar-refractivity contribution in [2.75, 3.05) is 0 Å². The molecule has 0 unspecified atom stereocenters. The quantitative estimate of drug-likeness (QED) is 0.681. The Morgan fingerprint density at radius 1 is 1.16 bits per heavy atom. The molecule has 0 spiro atoms. The van der Waals surface area contributed by atoms with Gasteiger partial charge < -0.3 is 0 Å². The lowest BCUT2D eigenvalue weighted by Gasteiger charge is -2.09. The Labute approximate surface area is 120 Å². The molecule has 2 aromatic heterocycles. The van der Waals surface area contributed by atoms with E-state index >= 15 is 0 Å². The number of hydrogen-bond acceptors (Lipinski definition) is 3. The summed E-state index contributed by atoms with van der Waals surface area (Å²) >= 11 is 7.51. The van der Waals surface area contributed by atoms with Gasteiger partial charge in [0.05, 0.1) is 16.2 Å². The van der Waals surface area contributed by atoms with E-state index in [4.69, 9.17) is 11.6 Å². The second-order valence-electron chi connectivity index (χ2n) is 4.06. The summed E-state index contributed by atoms with van der Waals surface area (Å²) in [4.78, 5) is 8.42. The number of thiophene rings is 1. The molecule has 3 aromatic rings. The van der Waals surface area contributed by atoms with Gasteiger partial charge in [0, 0.05) is 23.3 Å². The van der Waals surface area contributed by atoms with Crippen LogP contribution >= 0.6 is 22.9 Å². The minimum Gasteiger partial charge on any atom is -0.261 e. The fourth-order valence-corrected chi connectivity index (χ4v) is 2.87. The number of hydrogen-bond donors (Lipinski definition) is 0. The van der Waals surface area contributed by atoms with Gasteiger partial charge in [-0.15, -0.1) is 11.3 Å². The second kappa shape index (κ2) is 5.11. The first-order chi connectivity index (χ1) is 9.25. The van der Waals surface area contributed by atoms with Gasteiger partial charge in [-0.25, -0.2) is 0 Å². The number of rotatable bonds is 2. The zero-order valence-corrected chi connectivity index (χ0v) is 11.6. The largest absolute Gasteiger partial charge is 0.261 e. The van der Waals surface area contributed by atoms with Crippen molar-refractivity contribution in [2.45, 2.75) is 0 Å². The van der Waals surface area contributed by atoms with Gasteiger partial charge in [-0.2, -0.15) is 0 Å². The van der Waals surface area contributed by atoms with Crippen LogP contribution in [0.15, 0.2) is 48.2 Å².